The zero-order chi connectivity index (χ0) is 16.9. The van der Waals surface area contributed by atoms with Crippen molar-refractivity contribution in [3.8, 4) is 11.5 Å². The van der Waals surface area contributed by atoms with Crippen LogP contribution in [0.2, 0.25) is 0 Å². The van der Waals surface area contributed by atoms with Crippen molar-refractivity contribution in [1.82, 2.24) is 15.0 Å². The molecule has 1 aliphatic heterocycles. The predicted molar refractivity (Wildman–Crippen MR) is 98.0 cm³/mol. The van der Waals surface area contributed by atoms with Gasteiger partial charge in [-0.05, 0) is 54.3 Å². The molecule has 0 unspecified atom stereocenters. The molecule has 0 amide bonds. The lowest BCUT2D eigenvalue weighted by Gasteiger charge is -2.15. The summed E-state index contributed by atoms with van der Waals surface area (Å²) in [7, 11) is 0. The predicted octanol–water partition coefficient (Wildman–Crippen LogP) is 3.94. The first-order chi connectivity index (χ1) is 12.4. The quantitative estimate of drug-likeness (QED) is 0.740. The molecule has 1 N–H and O–H groups in total. The van der Waals surface area contributed by atoms with Crippen LogP contribution in [0.1, 0.15) is 24.0 Å². The van der Waals surface area contributed by atoms with Crippen molar-refractivity contribution in [2.24, 2.45) is 0 Å². The fraction of sp³-hybridized carbons (Fsp3) is 0.300. The number of rotatable bonds is 6. The number of hydrogen-bond acceptors (Lipinski definition) is 5. The third kappa shape index (κ3) is 4.06. The highest BCUT2D eigenvalue weighted by molar-refractivity contribution is 5.53. The summed E-state index contributed by atoms with van der Waals surface area (Å²) in [5.74, 6) is 1.05. The van der Waals surface area contributed by atoms with E-state index in [9.17, 15) is 0 Å². The van der Waals surface area contributed by atoms with Crippen molar-refractivity contribution in [2.75, 3.05) is 18.4 Å². The summed E-state index contributed by atoms with van der Waals surface area (Å²) < 4.78 is 5.32. The van der Waals surface area contributed by atoms with Gasteiger partial charge in [-0.2, -0.15) is 4.98 Å². The fourth-order valence-corrected chi connectivity index (χ4v) is 3.21. The van der Waals surface area contributed by atoms with E-state index < -0.39 is 0 Å². The Bertz CT molecular complexity index is 809. The molecule has 0 spiro atoms. The molecule has 2 aromatic carbocycles. The summed E-state index contributed by atoms with van der Waals surface area (Å²) in [6.07, 6.45) is 2.64. The Kier molecular flexibility index (Phi) is 4.74. The van der Waals surface area contributed by atoms with Crippen LogP contribution >= 0.6 is 0 Å². The molecular weight excluding hydrogens is 312 g/mol. The number of hydrogen-bond donors (Lipinski definition) is 1. The van der Waals surface area contributed by atoms with Crippen molar-refractivity contribution in [2.45, 2.75) is 25.9 Å². The normalized spacial score (nSPS) is 14.7. The standard InChI is InChI=1S/C20H22N4O/c1-2-9-18(10-3-1)19-22-20(23-25-19)21-14-16-7-6-8-17(13-16)15-24-11-4-5-12-24/h1-3,6-10,13H,4-5,11-12,14-15H2,(H,21,23). The number of anilines is 1. The van der Waals surface area contributed by atoms with Gasteiger partial charge >= 0.3 is 0 Å². The largest absolute Gasteiger partial charge is 0.347 e. The smallest absolute Gasteiger partial charge is 0.264 e. The molecule has 1 fully saturated rings. The zero-order valence-corrected chi connectivity index (χ0v) is 14.2. The molecule has 0 bridgehead atoms. The van der Waals surface area contributed by atoms with Gasteiger partial charge in [0.2, 0.25) is 0 Å². The van der Waals surface area contributed by atoms with E-state index in [1.807, 2.05) is 30.3 Å². The van der Waals surface area contributed by atoms with E-state index in [4.69, 9.17) is 4.52 Å². The monoisotopic (exact) mass is 334 g/mol. The highest BCUT2D eigenvalue weighted by atomic mass is 16.5. The summed E-state index contributed by atoms with van der Waals surface area (Å²) in [6.45, 7) is 4.15. The van der Waals surface area contributed by atoms with Crippen molar-refractivity contribution >= 4 is 5.95 Å². The number of likely N-dealkylation sites (tertiary alicyclic amines) is 1. The van der Waals surface area contributed by atoms with E-state index in [0.717, 1.165) is 12.1 Å². The van der Waals surface area contributed by atoms with Crippen molar-refractivity contribution in [3.63, 3.8) is 0 Å². The number of aromatic nitrogens is 2. The Morgan fingerprint density at radius 1 is 0.960 bits per heavy atom. The Hall–Kier alpha value is -2.66. The lowest BCUT2D eigenvalue weighted by molar-refractivity contribution is 0.331. The first-order valence-corrected chi connectivity index (χ1v) is 8.80. The van der Waals surface area contributed by atoms with E-state index in [2.05, 4.69) is 44.6 Å². The Morgan fingerprint density at radius 2 is 1.76 bits per heavy atom. The number of nitrogens with zero attached hydrogens (tertiary/aromatic N) is 3. The average Bonchev–Trinajstić information content (AvgIpc) is 3.33. The van der Waals surface area contributed by atoms with Crippen LogP contribution in [0.5, 0.6) is 0 Å². The summed E-state index contributed by atoms with van der Waals surface area (Å²) in [5, 5.41) is 7.25. The van der Waals surface area contributed by atoms with Gasteiger partial charge in [-0.15, -0.1) is 0 Å². The van der Waals surface area contributed by atoms with Gasteiger partial charge in [-0.25, -0.2) is 0 Å². The summed E-state index contributed by atoms with van der Waals surface area (Å²) in [5.41, 5.74) is 3.51. The molecule has 2 heterocycles. The SMILES string of the molecule is c1ccc(-c2nc(NCc3cccc(CN4CCCC4)c3)no2)cc1. The van der Waals surface area contributed by atoms with Crippen LogP contribution in [0, 0.1) is 0 Å². The maximum absolute atomic E-state index is 5.32. The van der Waals surface area contributed by atoms with Gasteiger partial charge < -0.3 is 9.84 Å². The molecule has 0 radical (unpaired) electrons. The van der Waals surface area contributed by atoms with Gasteiger partial charge in [0.25, 0.3) is 11.8 Å². The van der Waals surface area contributed by atoms with E-state index in [1.54, 1.807) is 0 Å². The molecule has 1 aliphatic rings. The Labute approximate surface area is 147 Å². The molecule has 5 nitrogen and oxygen atoms in total. The number of nitrogens with one attached hydrogen (secondary N) is 1. The van der Waals surface area contributed by atoms with Gasteiger partial charge in [0, 0.05) is 18.7 Å². The Morgan fingerprint density at radius 3 is 2.60 bits per heavy atom. The fourth-order valence-electron chi connectivity index (χ4n) is 3.21. The molecular formula is C20H22N4O. The van der Waals surface area contributed by atoms with E-state index in [1.165, 1.54) is 37.1 Å². The Balaban J connectivity index is 1.37. The first kappa shape index (κ1) is 15.8. The number of benzene rings is 2. The molecule has 0 atom stereocenters. The van der Waals surface area contributed by atoms with Crippen LogP contribution < -0.4 is 5.32 Å². The third-order valence-electron chi connectivity index (χ3n) is 4.49. The average molecular weight is 334 g/mol. The van der Waals surface area contributed by atoms with Crippen LogP contribution in [-0.4, -0.2) is 28.1 Å². The maximum atomic E-state index is 5.32. The van der Waals surface area contributed by atoms with Gasteiger partial charge in [0.05, 0.1) is 0 Å². The topological polar surface area (TPSA) is 54.2 Å². The molecule has 128 valence electrons. The van der Waals surface area contributed by atoms with Gasteiger partial charge in [0.1, 0.15) is 0 Å². The van der Waals surface area contributed by atoms with Crippen molar-refractivity contribution in [1.29, 1.82) is 0 Å². The lowest BCUT2D eigenvalue weighted by atomic mass is 10.1. The van der Waals surface area contributed by atoms with Gasteiger partial charge in [0.15, 0.2) is 0 Å². The van der Waals surface area contributed by atoms with Crippen molar-refractivity contribution in [3.05, 3.63) is 65.7 Å². The molecule has 5 heteroatoms. The summed E-state index contributed by atoms with van der Waals surface area (Å²) in [6, 6.07) is 18.5. The minimum absolute atomic E-state index is 0.517. The molecule has 4 rings (SSSR count). The molecule has 0 aliphatic carbocycles. The van der Waals surface area contributed by atoms with Gasteiger partial charge in [-0.1, -0.05) is 42.5 Å². The van der Waals surface area contributed by atoms with Crippen LogP contribution in [0.25, 0.3) is 11.5 Å². The minimum atomic E-state index is 0.517. The second-order valence-corrected chi connectivity index (χ2v) is 6.45. The summed E-state index contributed by atoms with van der Waals surface area (Å²) in [4.78, 5) is 6.92. The van der Waals surface area contributed by atoms with Crippen LogP contribution in [0.15, 0.2) is 59.1 Å². The third-order valence-corrected chi connectivity index (χ3v) is 4.49. The van der Waals surface area contributed by atoms with Crippen LogP contribution in [0.4, 0.5) is 5.95 Å². The molecule has 25 heavy (non-hydrogen) atoms. The minimum Gasteiger partial charge on any atom is -0.347 e. The molecule has 3 aromatic rings. The van der Waals surface area contributed by atoms with Crippen LogP contribution in [0.3, 0.4) is 0 Å². The van der Waals surface area contributed by atoms with Crippen molar-refractivity contribution < 1.29 is 4.52 Å². The zero-order valence-electron chi connectivity index (χ0n) is 14.2. The maximum Gasteiger partial charge on any atom is 0.264 e. The van der Waals surface area contributed by atoms with Gasteiger partial charge in [-0.3, -0.25) is 4.90 Å². The van der Waals surface area contributed by atoms with Crippen LogP contribution in [-0.2, 0) is 13.1 Å². The first-order valence-electron chi connectivity index (χ1n) is 8.80. The lowest BCUT2D eigenvalue weighted by Crippen LogP contribution is -2.18. The van der Waals surface area contributed by atoms with E-state index in [-0.39, 0.29) is 0 Å². The molecule has 1 aromatic heterocycles. The molecule has 1 saturated heterocycles. The highest BCUT2D eigenvalue weighted by Crippen LogP contribution is 2.18. The van der Waals surface area contributed by atoms with E-state index >= 15 is 0 Å². The summed E-state index contributed by atoms with van der Waals surface area (Å²) >= 11 is 0. The second kappa shape index (κ2) is 7.49. The molecule has 0 saturated carbocycles. The van der Waals surface area contributed by atoms with E-state index in [0.29, 0.717) is 18.4 Å². The highest BCUT2D eigenvalue weighted by Gasteiger charge is 2.12. The second-order valence-electron chi connectivity index (χ2n) is 6.45.